The smallest absolute Gasteiger partial charge is 0.132 e. The largest absolute Gasteiger partial charge is 0.457 e. The Morgan fingerprint density at radius 3 is 2.65 bits per heavy atom. The van der Waals surface area contributed by atoms with Crippen molar-refractivity contribution in [3.8, 4) is 17.6 Å². The number of halogens is 1. The van der Waals surface area contributed by atoms with E-state index < -0.39 is 5.82 Å². The second kappa shape index (κ2) is 4.54. The fourth-order valence-corrected chi connectivity index (χ4v) is 1.41. The van der Waals surface area contributed by atoms with Crippen LogP contribution in [0.2, 0.25) is 0 Å². The zero-order valence-corrected chi connectivity index (χ0v) is 8.85. The highest BCUT2D eigenvalue weighted by Gasteiger charge is 2.02. The first-order valence-electron chi connectivity index (χ1n) is 4.91. The zero-order chi connectivity index (χ0) is 12.3. The van der Waals surface area contributed by atoms with Crippen molar-refractivity contribution in [1.82, 2.24) is 0 Å². The average Bonchev–Trinajstić information content (AvgIpc) is 2.28. The van der Waals surface area contributed by atoms with Gasteiger partial charge in [-0.05, 0) is 24.3 Å². The van der Waals surface area contributed by atoms with Gasteiger partial charge in [0.2, 0.25) is 0 Å². The molecule has 0 saturated heterocycles. The van der Waals surface area contributed by atoms with Crippen molar-refractivity contribution < 1.29 is 9.13 Å². The van der Waals surface area contributed by atoms with Gasteiger partial charge in [0.05, 0.1) is 11.6 Å². The SMILES string of the molecule is N#Cc1cccc(Oc2cc(N)cc(F)c2)c1. The second-order valence-corrected chi connectivity index (χ2v) is 3.46. The number of rotatable bonds is 2. The first-order valence-corrected chi connectivity index (χ1v) is 4.91. The Labute approximate surface area is 97.9 Å². The first kappa shape index (κ1) is 11.0. The minimum absolute atomic E-state index is 0.288. The molecule has 2 N–H and O–H groups in total. The topological polar surface area (TPSA) is 59.0 Å². The van der Waals surface area contributed by atoms with Crippen molar-refractivity contribution in [2.24, 2.45) is 0 Å². The fraction of sp³-hybridized carbons (Fsp3) is 0. The molecule has 3 nitrogen and oxygen atoms in total. The van der Waals surface area contributed by atoms with E-state index >= 15 is 0 Å². The van der Waals surface area contributed by atoms with Crippen molar-refractivity contribution in [1.29, 1.82) is 5.26 Å². The summed E-state index contributed by atoms with van der Waals surface area (Å²) >= 11 is 0. The number of nitriles is 1. The van der Waals surface area contributed by atoms with E-state index in [0.717, 1.165) is 0 Å². The highest BCUT2D eigenvalue weighted by atomic mass is 19.1. The molecule has 0 aromatic heterocycles. The molecular formula is C13H9FN2O. The van der Waals surface area contributed by atoms with Crippen LogP contribution in [-0.4, -0.2) is 0 Å². The zero-order valence-electron chi connectivity index (χ0n) is 8.85. The Kier molecular flexibility index (Phi) is 2.93. The third-order valence-electron chi connectivity index (χ3n) is 2.09. The Morgan fingerprint density at radius 2 is 1.94 bits per heavy atom. The maximum absolute atomic E-state index is 13.1. The summed E-state index contributed by atoms with van der Waals surface area (Å²) < 4.78 is 18.5. The Morgan fingerprint density at radius 1 is 1.12 bits per heavy atom. The number of nitrogens with zero attached hydrogens (tertiary/aromatic N) is 1. The van der Waals surface area contributed by atoms with Gasteiger partial charge in [-0.25, -0.2) is 4.39 Å². The van der Waals surface area contributed by atoms with Crippen LogP contribution in [0.1, 0.15) is 5.56 Å². The summed E-state index contributed by atoms with van der Waals surface area (Å²) in [6, 6.07) is 12.6. The minimum Gasteiger partial charge on any atom is -0.457 e. The molecule has 0 unspecified atom stereocenters. The lowest BCUT2D eigenvalue weighted by atomic mass is 10.2. The molecule has 2 aromatic rings. The number of hydrogen-bond acceptors (Lipinski definition) is 3. The quantitative estimate of drug-likeness (QED) is 0.803. The van der Waals surface area contributed by atoms with Gasteiger partial charge in [0, 0.05) is 17.8 Å². The molecule has 2 aromatic carbocycles. The van der Waals surface area contributed by atoms with Crippen molar-refractivity contribution in [3.05, 3.63) is 53.8 Å². The molecule has 0 aliphatic rings. The molecule has 0 radical (unpaired) electrons. The van der Waals surface area contributed by atoms with Crippen molar-refractivity contribution >= 4 is 5.69 Å². The number of ether oxygens (including phenoxy) is 1. The summed E-state index contributed by atoms with van der Waals surface area (Å²) in [6.45, 7) is 0. The minimum atomic E-state index is -0.462. The number of nitrogen functional groups attached to an aromatic ring is 1. The standard InChI is InChI=1S/C13H9FN2O/c14-10-5-11(16)7-13(6-10)17-12-3-1-2-9(4-12)8-15/h1-7H,16H2. The maximum Gasteiger partial charge on any atom is 0.132 e. The lowest BCUT2D eigenvalue weighted by Gasteiger charge is -2.06. The number of benzene rings is 2. The number of anilines is 1. The molecule has 2 rings (SSSR count). The van der Waals surface area contributed by atoms with Crippen LogP contribution in [0.3, 0.4) is 0 Å². The molecule has 0 spiro atoms. The van der Waals surface area contributed by atoms with E-state index in [1.165, 1.54) is 18.2 Å². The summed E-state index contributed by atoms with van der Waals surface area (Å²) in [5, 5.41) is 8.73. The van der Waals surface area contributed by atoms with E-state index in [1.54, 1.807) is 24.3 Å². The highest BCUT2D eigenvalue weighted by Crippen LogP contribution is 2.24. The predicted molar refractivity (Wildman–Crippen MR) is 62.0 cm³/mol. The van der Waals surface area contributed by atoms with Crippen LogP contribution in [0.25, 0.3) is 0 Å². The lowest BCUT2D eigenvalue weighted by molar-refractivity contribution is 0.477. The van der Waals surface area contributed by atoms with E-state index in [1.807, 2.05) is 6.07 Å². The first-order chi connectivity index (χ1) is 8.17. The van der Waals surface area contributed by atoms with Crippen LogP contribution in [0.5, 0.6) is 11.5 Å². The van der Waals surface area contributed by atoms with Crippen molar-refractivity contribution in [3.63, 3.8) is 0 Å². The maximum atomic E-state index is 13.1. The van der Waals surface area contributed by atoms with Crippen LogP contribution in [0.15, 0.2) is 42.5 Å². The Hall–Kier alpha value is -2.54. The highest BCUT2D eigenvalue weighted by molar-refractivity contribution is 5.46. The average molecular weight is 228 g/mol. The third-order valence-corrected chi connectivity index (χ3v) is 2.09. The van der Waals surface area contributed by atoms with Gasteiger partial charge < -0.3 is 10.5 Å². The van der Waals surface area contributed by atoms with Crippen LogP contribution >= 0.6 is 0 Å². The summed E-state index contributed by atoms with van der Waals surface area (Å²) in [4.78, 5) is 0. The van der Waals surface area contributed by atoms with Gasteiger partial charge in [-0.15, -0.1) is 0 Å². The molecule has 4 heteroatoms. The molecule has 0 atom stereocenters. The van der Waals surface area contributed by atoms with Gasteiger partial charge in [-0.3, -0.25) is 0 Å². The van der Waals surface area contributed by atoms with Crippen LogP contribution in [0.4, 0.5) is 10.1 Å². The number of hydrogen-bond donors (Lipinski definition) is 1. The molecule has 0 heterocycles. The lowest BCUT2D eigenvalue weighted by Crippen LogP contribution is -1.90. The van der Waals surface area contributed by atoms with Crippen LogP contribution in [0, 0.1) is 17.1 Å². The molecule has 17 heavy (non-hydrogen) atoms. The van der Waals surface area contributed by atoms with Crippen molar-refractivity contribution in [2.45, 2.75) is 0 Å². The molecule has 0 aliphatic heterocycles. The molecule has 0 saturated carbocycles. The van der Waals surface area contributed by atoms with Gasteiger partial charge in [-0.2, -0.15) is 5.26 Å². The Bertz CT molecular complexity index is 570. The molecule has 0 fully saturated rings. The molecule has 0 aliphatic carbocycles. The molecule has 0 amide bonds. The van der Waals surface area contributed by atoms with Gasteiger partial charge in [0.25, 0.3) is 0 Å². The predicted octanol–water partition coefficient (Wildman–Crippen LogP) is 3.07. The monoisotopic (exact) mass is 228 g/mol. The Balaban J connectivity index is 2.28. The second-order valence-electron chi connectivity index (χ2n) is 3.46. The van der Waals surface area contributed by atoms with Crippen LogP contribution in [-0.2, 0) is 0 Å². The van der Waals surface area contributed by atoms with E-state index in [4.69, 9.17) is 15.7 Å². The van der Waals surface area contributed by atoms with E-state index in [2.05, 4.69) is 0 Å². The van der Waals surface area contributed by atoms with Gasteiger partial charge in [0.1, 0.15) is 17.3 Å². The van der Waals surface area contributed by atoms with E-state index in [-0.39, 0.29) is 5.69 Å². The molecule has 0 bridgehead atoms. The van der Waals surface area contributed by atoms with Gasteiger partial charge >= 0.3 is 0 Å². The van der Waals surface area contributed by atoms with Crippen LogP contribution < -0.4 is 10.5 Å². The van der Waals surface area contributed by atoms with E-state index in [0.29, 0.717) is 17.1 Å². The fourth-order valence-electron chi connectivity index (χ4n) is 1.41. The van der Waals surface area contributed by atoms with Crippen molar-refractivity contribution in [2.75, 3.05) is 5.73 Å². The van der Waals surface area contributed by atoms with Gasteiger partial charge in [-0.1, -0.05) is 6.07 Å². The number of nitrogens with two attached hydrogens (primary N) is 1. The molecular weight excluding hydrogens is 219 g/mol. The third kappa shape index (κ3) is 2.73. The summed E-state index contributed by atoms with van der Waals surface area (Å²) in [7, 11) is 0. The van der Waals surface area contributed by atoms with E-state index in [9.17, 15) is 4.39 Å². The normalized spacial score (nSPS) is 9.65. The van der Waals surface area contributed by atoms with Gasteiger partial charge in [0.15, 0.2) is 0 Å². The summed E-state index contributed by atoms with van der Waals surface area (Å²) in [5.74, 6) is 0.308. The molecule has 84 valence electrons. The summed E-state index contributed by atoms with van der Waals surface area (Å²) in [5.41, 5.74) is 6.26. The summed E-state index contributed by atoms with van der Waals surface area (Å²) in [6.07, 6.45) is 0.